The van der Waals surface area contributed by atoms with Gasteiger partial charge in [-0.15, -0.1) is 0 Å². The molecule has 2 aromatic carbocycles. The van der Waals surface area contributed by atoms with Crippen LogP contribution in [0.5, 0.6) is 0 Å². The highest BCUT2D eigenvalue weighted by molar-refractivity contribution is 6.14. The fourth-order valence-corrected chi connectivity index (χ4v) is 3.86. The summed E-state index contributed by atoms with van der Waals surface area (Å²) in [6.07, 6.45) is 0. The van der Waals surface area contributed by atoms with Crippen LogP contribution in [0, 0.1) is 5.82 Å². The molecule has 5 nitrogen and oxygen atoms in total. The van der Waals surface area contributed by atoms with Crippen molar-refractivity contribution < 1.29 is 18.7 Å². The van der Waals surface area contributed by atoms with Gasteiger partial charge in [0, 0.05) is 18.3 Å². The lowest BCUT2D eigenvalue weighted by molar-refractivity contribution is -0.146. The summed E-state index contributed by atoms with van der Waals surface area (Å²) in [6.45, 7) is 0. The summed E-state index contributed by atoms with van der Waals surface area (Å²) in [6, 6.07) is 11.7. The number of carbonyl (C=O) groups excluding carboxylic acids is 2. The Kier molecular flexibility index (Phi) is 2.94. The van der Waals surface area contributed by atoms with Gasteiger partial charge in [-0.05, 0) is 17.7 Å². The van der Waals surface area contributed by atoms with E-state index in [4.69, 9.17) is 4.74 Å². The second kappa shape index (κ2) is 4.80. The summed E-state index contributed by atoms with van der Waals surface area (Å²) in [5.41, 5.74) is 0.594. The largest absolute Gasteiger partial charge is 0.468 e. The molecular weight excluding hydrogens is 311 g/mol. The first-order valence-electron chi connectivity index (χ1n) is 7.54. The molecule has 2 aromatic rings. The van der Waals surface area contributed by atoms with Crippen LogP contribution in [0.4, 0.5) is 15.8 Å². The van der Waals surface area contributed by atoms with Gasteiger partial charge in [0.25, 0.3) is 5.91 Å². The van der Waals surface area contributed by atoms with Gasteiger partial charge in [-0.3, -0.25) is 9.59 Å². The third-order valence-electron chi connectivity index (χ3n) is 4.86. The molecule has 0 radical (unpaired) electrons. The quantitative estimate of drug-likeness (QED) is 0.818. The second-order valence-electron chi connectivity index (χ2n) is 5.98. The van der Waals surface area contributed by atoms with Crippen LogP contribution in [0.15, 0.2) is 42.5 Å². The number of nitrogens with one attached hydrogen (secondary N) is 1. The molecule has 0 saturated carbocycles. The monoisotopic (exact) mass is 326 g/mol. The predicted molar refractivity (Wildman–Crippen MR) is 86.3 cm³/mol. The minimum atomic E-state index is -1.39. The maximum absolute atomic E-state index is 14.4. The highest BCUT2D eigenvalue weighted by Gasteiger charge is 2.62. The van der Waals surface area contributed by atoms with Gasteiger partial charge >= 0.3 is 5.97 Å². The van der Waals surface area contributed by atoms with Gasteiger partial charge in [0.1, 0.15) is 11.7 Å². The molecule has 24 heavy (non-hydrogen) atoms. The number of nitrogens with zero attached hydrogens (tertiary/aromatic N) is 1. The highest BCUT2D eigenvalue weighted by atomic mass is 19.1. The van der Waals surface area contributed by atoms with Crippen LogP contribution in [0.25, 0.3) is 0 Å². The number of methoxy groups -OCH3 is 1. The van der Waals surface area contributed by atoms with Crippen molar-refractivity contribution in [3.8, 4) is 0 Å². The average Bonchev–Trinajstić information content (AvgIpc) is 3.04. The third kappa shape index (κ3) is 1.57. The van der Waals surface area contributed by atoms with Crippen molar-refractivity contribution in [2.45, 2.75) is 11.5 Å². The minimum absolute atomic E-state index is 0.191. The smallest absolute Gasteiger partial charge is 0.316 e. The van der Waals surface area contributed by atoms with Gasteiger partial charge in [0.15, 0.2) is 5.54 Å². The van der Waals surface area contributed by atoms with Gasteiger partial charge in [-0.1, -0.05) is 30.3 Å². The summed E-state index contributed by atoms with van der Waals surface area (Å²) in [7, 11) is 2.80. The van der Waals surface area contributed by atoms with E-state index in [-0.39, 0.29) is 11.6 Å². The summed E-state index contributed by atoms with van der Waals surface area (Å²) in [5, 5.41) is 3.18. The second-order valence-corrected chi connectivity index (χ2v) is 5.98. The van der Waals surface area contributed by atoms with Crippen molar-refractivity contribution >= 4 is 23.3 Å². The molecule has 2 unspecified atom stereocenters. The number of para-hydroxylation sites is 2. The number of ether oxygens (including phenoxy) is 1. The molecule has 0 aromatic heterocycles. The lowest BCUT2D eigenvalue weighted by Gasteiger charge is -2.29. The molecule has 2 aliphatic rings. The average molecular weight is 326 g/mol. The number of halogens is 1. The number of hydrogen-bond donors (Lipinski definition) is 1. The SMILES string of the molecule is COC(=O)C1c2ccccc2NC12C(=O)N(C)c1c(F)cccc12. The standard InChI is InChI=1S/C18H15FN2O3/c1-21-15-11(7-5-8-12(15)19)18(17(21)23)14(16(22)24-2)10-6-3-4-9-13(10)20-18/h3-9,14,20H,1-2H3. The molecule has 0 bridgehead atoms. The van der Waals surface area contributed by atoms with Crippen LogP contribution < -0.4 is 10.2 Å². The zero-order valence-corrected chi connectivity index (χ0v) is 13.2. The number of esters is 1. The number of fused-ring (bicyclic) bond motifs is 3. The third-order valence-corrected chi connectivity index (χ3v) is 4.86. The normalized spacial score (nSPS) is 23.9. The number of amides is 1. The fourth-order valence-electron chi connectivity index (χ4n) is 3.86. The lowest BCUT2D eigenvalue weighted by Crippen LogP contribution is -2.48. The van der Waals surface area contributed by atoms with Crippen molar-refractivity contribution in [3.63, 3.8) is 0 Å². The van der Waals surface area contributed by atoms with E-state index in [1.54, 1.807) is 30.3 Å². The van der Waals surface area contributed by atoms with Gasteiger partial charge in [-0.2, -0.15) is 0 Å². The van der Waals surface area contributed by atoms with E-state index in [0.717, 1.165) is 0 Å². The van der Waals surface area contributed by atoms with Gasteiger partial charge in [-0.25, -0.2) is 4.39 Å². The number of rotatable bonds is 1. The van der Waals surface area contributed by atoms with Gasteiger partial charge < -0.3 is 15.0 Å². The van der Waals surface area contributed by atoms with Crippen molar-refractivity contribution in [1.29, 1.82) is 0 Å². The summed E-state index contributed by atoms with van der Waals surface area (Å²) in [4.78, 5) is 26.9. The van der Waals surface area contributed by atoms with E-state index < -0.39 is 23.2 Å². The van der Waals surface area contributed by atoms with Gasteiger partial charge in [0.2, 0.25) is 0 Å². The molecule has 1 amide bonds. The molecule has 1 spiro atoms. The molecule has 0 saturated heterocycles. The molecule has 6 heteroatoms. The number of benzene rings is 2. The van der Waals surface area contributed by atoms with Crippen molar-refractivity contribution in [2.24, 2.45) is 0 Å². The van der Waals surface area contributed by atoms with Crippen LogP contribution in [0.2, 0.25) is 0 Å². The van der Waals surface area contributed by atoms with Crippen molar-refractivity contribution in [1.82, 2.24) is 0 Å². The van der Waals surface area contributed by atoms with Crippen LogP contribution >= 0.6 is 0 Å². The Labute approximate surface area is 138 Å². The predicted octanol–water partition coefficient (Wildman–Crippen LogP) is 2.38. The molecule has 2 heterocycles. The zero-order chi connectivity index (χ0) is 17.1. The molecule has 1 N–H and O–H groups in total. The van der Waals surface area contributed by atoms with E-state index in [1.165, 1.54) is 25.1 Å². The summed E-state index contributed by atoms with van der Waals surface area (Å²) < 4.78 is 19.3. The van der Waals surface area contributed by atoms with E-state index in [0.29, 0.717) is 16.8 Å². The number of anilines is 2. The molecule has 0 aliphatic carbocycles. The summed E-state index contributed by atoms with van der Waals surface area (Å²) in [5.74, 6) is -2.29. The fraction of sp³-hybridized carbons (Fsp3) is 0.222. The van der Waals surface area contributed by atoms with E-state index in [9.17, 15) is 14.0 Å². The maximum atomic E-state index is 14.4. The Bertz CT molecular complexity index is 882. The topological polar surface area (TPSA) is 58.6 Å². The van der Waals surface area contributed by atoms with E-state index >= 15 is 0 Å². The highest BCUT2D eigenvalue weighted by Crippen LogP contribution is 2.55. The van der Waals surface area contributed by atoms with Gasteiger partial charge in [0.05, 0.1) is 12.8 Å². The first kappa shape index (κ1) is 14.7. The number of hydrogen-bond acceptors (Lipinski definition) is 4. The molecule has 0 fully saturated rings. The molecule has 2 aliphatic heterocycles. The first-order chi connectivity index (χ1) is 11.5. The van der Waals surface area contributed by atoms with Crippen molar-refractivity contribution in [3.05, 3.63) is 59.4 Å². The Morgan fingerprint density at radius 2 is 2.00 bits per heavy atom. The lowest BCUT2D eigenvalue weighted by atomic mass is 9.78. The van der Waals surface area contributed by atoms with Crippen LogP contribution in [-0.2, 0) is 19.9 Å². The number of likely N-dealkylation sites (N-methyl/N-ethyl adjacent to an activating group) is 1. The molecule has 2 atom stereocenters. The Morgan fingerprint density at radius 1 is 1.25 bits per heavy atom. The molecular formula is C18H15FN2O3. The Hall–Kier alpha value is -2.89. The Morgan fingerprint density at radius 3 is 2.75 bits per heavy atom. The molecule has 4 rings (SSSR count). The van der Waals surface area contributed by atoms with Crippen LogP contribution in [0.3, 0.4) is 0 Å². The van der Waals surface area contributed by atoms with E-state index in [2.05, 4.69) is 5.32 Å². The zero-order valence-electron chi connectivity index (χ0n) is 13.2. The molecule has 122 valence electrons. The minimum Gasteiger partial charge on any atom is -0.468 e. The Balaban J connectivity index is 2.03. The number of carbonyl (C=O) groups is 2. The first-order valence-corrected chi connectivity index (χ1v) is 7.54. The maximum Gasteiger partial charge on any atom is 0.316 e. The van der Waals surface area contributed by atoms with E-state index in [1.807, 2.05) is 6.07 Å². The van der Waals surface area contributed by atoms with Crippen LogP contribution in [0.1, 0.15) is 17.0 Å². The summed E-state index contributed by atoms with van der Waals surface area (Å²) >= 11 is 0. The van der Waals surface area contributed by atoms with Crippen LogP contribution in [-0.4, -0.2) is 26.0 Å². The van der Waals surface area contributed by atoms with Crippen molar-refractivity contribution in [2.75, 3.05) is 24.4 Å².